The van der Waals surface area contributed by atoms with Gasteiger partial charge in [0.15, 0.2) is 10.8 Å². The molecule has 0 fully saturated rings. The number of aromatic nitrogens is 4. The topological polar surface area (TPSA) is 52.3 Å². The van der Waals surface area contributed by atoms with Crippen molar-refractivity contribution in [1.82, 2.24) is 19.6 Å². The normalized spacial score (nSPS) is 12.2. The zero-order chi connectivity index (χ0) is 13.6. The van der Waals surface area contributed by atoms with Crippen LogP contribution in [-0.2, 0) is 0 Å². The molecule has 2 heterocycles. The van der Waals surface area contributed by atoms with Crippen LogP contribution in [-0.4, -0.2) is 25.9 Å². The summed E-state index contributed by atoms with van der Waals surface area (Å²) in [5.74, 6) is -0.348. The summed E-state index contributed by atoms with van der Waals surface area (Å²) in [4.78, 5) is 4.02. The summed E-state index contributed by atoms with van der Waals surface area (Å²) in [5, 5.41) is 7.49. The molecule has 3 aromatic rings. The van der Waals surface area contributed by atoms with E-state index in [2.05, 4.69) is 19.9 Å². The fourth-order valence-electron chi connectivity index (χ4n) is 1.70. The highest BCUT2D eigenvalue weighted by molar-refractivity contribution is 6.32. The molecule has 19 heavy (non-hydrogen) atoms. The van der Waals surface area contributed by atoms with Gasteiger partial charge in [-0.25, -0.2) is 4.98 Å². The van der Waals surface area contributed by atoms with Gasteiger partial charge in [-0.1, -0.05) is 11.6 Å². The van der Waals surface area contributed by atoms with E-state index in [1.54, 1.807) is 0 Å². The second-order valence-electron chi connectivity index (χ2n) is 3.63. The Balaban J connectivity index is 2.24. The number of halogens is 4. The van der Waals surface area contributed by atoms with Gasteiger partial charge in [-0.3, -0.25) is 4.40 Å². The van der Waals surface area contributed by atoms with E-state index in [9.17, 15) is 13.2 Å². The third kappa shape index (κ3) is 2.14. The van der Waals surface area contributed by atoms with Gasteiger partial charge in [0, 0.05) is 6.07 Å². The minimum absolute atomic E-state index is 0.120. The Bertz CT molecular complexity index is 770. The van der Waals surface area contributed by atoms with Crippen molar-refractivity contribution in [2.45, 2.75) is 6.36 Å². The second kappa shape index (κ2) is 3.95. The molecule has 1 aromatic carbocycles. The maximum absolute atomic E-state index is 12.2. The van der Waals surface area contributed by atoms with Crippen molar-refractivity contribution >= 4 is 28.3 Å². The minimum Gasteiger partial charge on any atom is -0.406 e. The Kier molecular flexibility index (Phi) is 2.49. The van der Waals surface area contributed by atoms with Gasteiger partial charge in [0.25, 0.3) is 0 Å². The van der Waals surface area contributed by atoms with Crippen molar-refractivity contribution in [2.24, 2.45) is 0 Å². The Morgan fingerprint density at radius 1 is 1.26 bits per heavy atom. The van der Waals surface area contributed by atoms with Crippen LogP contribution < -0.4 is 4.74 Å². The van der Waals surface area contributed by atoms with Gasteiger partial charge < -0.3 is 4.74 Å². The smallest absolute Gasteiger partial charge is 0.406 e. The molecular formula is C10H4ClF3N4O. The number of rotatable bonds is 1. The fraction of sp³-hybridized carbons (Fsp3) is 0.100. The molecule has 5 nitrogen and oxygen atoms in total. The molecule has 0 amide bonds. The highest BCUT2D eigenvalue weighted by Crippen LogP contribution is 2.27. The zero-order valence-corrected chi connectivity index (χ0v) is 9.77. The average Bonchev–Trinajstić information content (AvgIpc) is 2.78. The average molecular weight is 289 g/mol. The first-order valence-corrected chi connectivity index (χ1v) is 5.36. The Hall–Kier alpha value is -2.09. The van der Waals surface area contributed by atoms with Gasteiger partial charge in [0.05, 0.1) is 11.0 Å². The standard InChI is InChI=1S/C10H4ClF3N4O/c11-8-9-17-15-4-18(9)7-3-5(19-10(12,13)14)1-2-6(7)16-8/h1-4H. The lowest BCUT2D eigenvalue weighted by atomic mass is 10.3. The third-order valence-corrected chi connectivity index (χ3v) is 2.64. The van der Waals surface area contributed by atoms with E-state index in [0.717, 1.165) is 6.07 Å². The number of ether oxygens (including phenoxy) is 1. The molecular weight excluding hydrogens is 285 g/mol. The number of nitrogens with zero attached hydrogens (tertiary/aromatic N) is 4. The van der Waals surface area contributed by atoms with Crippen LogP contribution in [0, 0.1) is 0 Å². The van der Waals surface area contributed by atoms with E-state index >= 15 is 0 Å². The van der Waals surface area contributed by atoms with E-state index in [0.29, 0.717) is 11.0 Å². The van der Waals surface area contributed by atoms with Crippen molar-refractivity contribution in [1.29, 1.82) is 0 Å². The predicted molar refractivity (Wildman–Crippen MR) is 60.0 cm³/mol. The molecule has 0 bridgehead atoms. The van der Waals surface area contributed by atoms with Crippen LogP contribution in [0.25, 0.3) is 16.7 Å². The van der Waals surface area contributed by atoms with Crippen LogP contribution in [0.5, 0.6) is 5.75 Å². The van der Waals surface area contributed by atoms with Gasteiger partial charge >= 0.3 is 6.36 Å². The van der Waals surface area contributed by atoms with E-state index in [-0.39, 0.29) is 16.5 Å². The van der Waals surface area contributed by atoms with Crippen molar-refractivity contribution in [3.63, 3.8) is 0 Å². The lowest BCUT2D eigenvalue weighted by Crippen LogP contribution is -2.17. The lowest BCUT2D eigenvalue weighted by molar-refractivity contribution is -0.274. The quantitative estimate of drug-likeness (QED) is 0.691. The maximum atomic E-state index is 12.2. The summed E-state index contributed by atoms with van der Waals surface area (Å²) < 4.78 is 41.8. The molecule has 0 aliphatic rings. The Morgan fingerprint density at radius 2 is 2.05 bits per heavy atom. The highest BCUT2D eigenvalue weighted by Gasteiger charge is 2.31. The monoisotopic (exact) mass is 288 g/mol. The largest absolute Gasteiger partial charge is 0.573 e. The lowest BCUT2D eigenvalue weighted by Gasteiger charge is -2.09. The van der Waals surface area contributed by atoms with E-state index < -0.39 is 6.36 Å². The second-order valence-corrected chi connectivity index (χ2v) is 3.98. The van der Waals surface area contributed by atoms with Crippen LogP contribution >= 0.6 is 11.6 Å². The van der Waals surface area contributed by atoms with Crippen LogP contribution in [0.2, 0.25) is 5.15 Å². The summed E-state index contributed by atoms with van der Waals surface area (Å²) in [7, 11) is 0. The molecule has 0 aliphatic carbocycles. The predicted octanol–water partition coefficient (Wildman–Crippen LogP) is 2.83. The van der Waals surface area contributed by atoms with Crippen LogP contribution in [0.15, 0.2) is 24.5 Å². The molecule has 0 radical (unpaired) electrons. The summed E-state index contributed by atoms with van der Waals surface area (Å²) in [5.41, 5.74) is 1.04. The van der Waals surface area contributed by atoms with Gasteiger partial charge in [-0.15, -0.1) is 23.4 Å². The van der Waals surface area contributed by atoms with E-state index in [1.807, 2.05) is 0 Å². The molecule has 0 unspecified atom stereocenters. The number of alkyl halides is 3. The summed E-state index contributed by atoms with van der Waals surface area (Å²) in [6, 6.07) is 3.74. The van der Waals surface area contributed by atoms with Gasteiger partial charge in [-0.05, 0) is 12.1 Å². The molecule has 0 atom stereocenters. The van der Waals surface area contributed by atoms with Gasteiger partial charge in [0.2, 0.25) is 0 Å². The first-order valence-electron chi connectivity index (χ1n) is 4.99. The van der Waals surface area contributed by atoms with Crippen molar-refractivity contribution < 1.29 is 17.9 Å². The van der Waals surface area contributed by atoms with Gasteiger partial charge in [-0.2, -0.15) is 0 Å². The van der Waals surface area contributed by atoms with Crippen LogP contribution in [0.4, 0.5) is 13.2 Å². The first-order chi connectivity index (χ1) is 8.94. The molecule has 3 rings (SSSR count). The Morgan fingerprint density at radius 3 is 2.79 bits per heavy atom. The fourth-order valence-corrected chi connectivity index (χ4v) is 1.92. The Labute approximate surface area is 108 Å². The SMILES string of the molecule is FC(F)(F)Oc1ccc2nc(Cl)c3nncn3c2c1. The van der Waals surface area contributed by atoms with Crippen molar-refractivity contribution in [3.05, 3.63) is 29.7 Å². The first kappa shape index (κ1) is 12.0. The number of hydrogen-bond acceptors (Lipinski definition) is 4. The summed E-state index contributed by atoms with van der Waals surface area (Å²) in [6.07, 6.45) is -3.41. The molecule has 0 saturated heterocycles. The molecule has 2 aromatic heterocycles. The minimum atomic E-state index is -4.75. The molecule has 0 spiro atoms. The summed E-state index contributed by atoms with van der Waals surface area (Å²) >= 11 is 5.88. The molecule has 0 aliphatic heterocycles. The van der Waals surface area contributed by atoms with E-state index in [1.165, 1.54) is 22.9 Å². The molecule has 9 heteroatoms. The van der Waals surface area contributed by atoms with Crippen LogP contribution in [0.1, 0.15) is 0 Å². The summed E-state index contributed by atoms with van der Waals surface area (Å²) in [6.45, 7) is 0. The molecule has 0 N–H and O–H groups in total. The number of fused-ring (bicyclic) bond motifs is 3. The number of benzene rings is 1. The third-order valence-electron chi connectivity index (χ3n) is 2.39. The zero-order valence-electron chi connectivity index (χ0n) is 9.02. The number of hydrogen-bond donors (Lipinski definition) is 0. The van der Waals surface area contributed by atoms with Gasteiger partial charge in [0.1, 0.15) is 12.1 Å². The molecule has 98 valence electrons. The molecule has 0 saturated carbocycles. The highest BCUT2D eigenvalue weighted by atomic mass is 35.5. The maximum Gasteiger partial charge on any atom is 0.573 e. The van der Waals surface area contributed by atoms with Crippen molar-refractivity contribution in [2.75, 3.05) is 0 Å². The van der Waals surface area contributed by atoms with E-state index in [4.69, 9.17) is 11.6 Å². The van der Waals surface area contributed by atoms with Crippen LogP contribution in [0.3, 0.4) is 0 Å². The van der Waals surface area contributed by atoms with Crippen molar-refractivity contribution in [3.8, 4) is 5.75 Å².